The third kappa shape index (κ3) is 3.93. The Balaban J connectivity index is 1.51. The molecule has 0 aromatic heterocycles. The lowest BCUT2D eigenvalue weighted by Gasteiger charge is -2.22. The summed E-state index contributed by atoms with van der Waals surface area (Å²) in [6.45, 7) is -0.0363. The number of rotatable bonds is 4. The number of hydrogen-bond acceptors (Lipinski definition) is 4. The minimum atomic E-state index is -3.70. The molecule has 0 bridgehead atoms. The molecule has 1 aliphatic heterocycles. The van der Waals surface area contributed by atoms with E-state index in [-0.39, 0.29) is 17.4 Å². The molecule has 142 valence electrons. The zero-order valence-electron chi connectivity index (χ0n) is 14.9. The van der Waals surface area contributed by atoms with Gasteiger partial charge in [0, 0.05) is 0 Å². The first kappa shape index (κ1) is 17.9. The van der Waals surface area contributed by atoms with Crippen LogP contribution in [0.2, 0.25) is 0 Å². The predicted octanol–water partition coefficient (Wildman–Crippen LogP) is 3.87. The van der Waals surface area contributed by atoms with Crippen LogP contribution in [0, 0.1) is 0 Å². The van der Waals surface area contributed by atoms with Crippen LogP contribution in [0.3, 0.4) is 0 Å². The second-order valence-corrected chi connectivity index (χ2v) is 8.74. The van der Waals surface area contributed by atoms with Gasteiger partial charge in [-0.1, -0.05) is 31.4 Å². The number of ether oxygens (including phenoxy) is 1. The molecule has 0 atom stereocenters. The number of anilines is 2. The van der Waals surface area contributed by atoms with Crippen molar-refractivity contribution in [2.75, 3.05) is 16.6 Å². The van der Waals surface area contributed by atoms with E-state index in [2.05, 4.69) is 10.0 Å². The van der Waals surface area contributed by atoms with Crippen LogP contribution < -0.4 is 14.8 Å². The summed E-state index contributed by atoms with van der Waals surface area (Å²) >= 11 is 0. The number of fused-ring (bicyclic) bond motifs is 1. The quantitative estimate of drug-likeness (QED) is 0.835. The molecule has 2 aromatic rings. The van der Waals surface area contributed by atoms with Gasteiger partial charge in [-0.2, -0.15) is 0 Å². The number of carbonyl (C=O) groups is 1. The molecule has 1 aliphatic carbocycles. The molecule has 0 unspecified atom stereocenters. The van der Waals surface area contributed by atoms with Crippen LogP contribution in [-0.4, -0.2) is 20.9 Å². The molecule has 1 amide bonds. The molecule has 2 aliphatic rings. The van der Waals surface area contributed by atoms with E-state index in [0.717, 1.165) is 0 Å². The Kier molecular flexibility index (Phi) is 4.78. The van der Waals surface area contributed by atoms with Crippen LogP contribution in [0.4, 0.5) is 11.4 Å². The molecule has 2 N–H and O–H groups in total. The Morgan fingerprint density at radius 1 is 1.00 bits per heavy atom. The SMILES string of the molecule is O=C1COc2ccc(NS(=O)(=O)c3ccc(C4CCCCC4)cc3)cc2N1. The van der Waals surface area contributed by atoms with Crippen LogP contribution in [-0.2, 0) is 14.8 Å². The van der Waals surface area contributed by atoms with E-state index in [9.17, 15) is 13.2 Å². The molecular weight excluding hydrogens is 364 g/mol. The minimum absolute atomic E-state index is 0.0363. The second-order valence-electron chi connectivity index (χ2n) is 7.06. The van der Waals surface area contributed by atoms with Gasteiger partial charge < -0.3 is 10.1 Å². The van der Waals surface area contributed by atoms with E-state index >= 15 is 0 Å². The number of amides is 1. The van der Waals surface area contributed by atoms with Gasteiger partial charge in [-0.05, 0) is 54.7 Å². The molecule has 0 saturated heterocycles. The van der Waals surface area contributed by atoms with Gasteiger partial charge in [-0.15, -0.1) is 0 Å². The van der Waals surface area contributed by atoms with Gasteiger partial charge >= 0.3 is 0 Å². The molecule has 0 radical (unpaired) electrons. The van der Waals surface area contributed by atoms with Crippen molar-refractivity contribution in [1.29, 1.82) is 0 Å². The number of hydrogen-bond donors (Lipinski definition) is 2. The molecular formula is C20H22N2O4S. The van der Waals surface area contributed by atoms with Crippen molar-refractivity contribution in [2.45, 2.75) is 42.9 Å². The van der Waals surface area contributed by atoms with E-state index in [0.29, 0.717) is 23.0 Å². The lowest BCUT2D eigenvalue weighted by molar-refractivity contribution is -0.118. The summed E-state index contributed by atoms with van der Waals surface area (Å²) in [5.74, 6) is 0.794. The van der Waals surface area contributed by atoms with Crippen molar-refractivity contribution < 1.29 is 17.9 Å². The number of nitrogens with one attached hydrogen (secondary N) is 2. The maximum Gasteiger partial charge on any atom is 0.262 e. The minimum Gasteiger partial charge on any atom is -0.482 e. The Morgan fingerprint density at radius 2 is 1.74 bits per heavy atom. The average Bonchev–Trinajstić information content (AvgIpc) is 2.68. The fraction of sp³-hybridized carbons (Fsp3) is 0.350. The maximum absolute atomic E-state index is 12.7. The van der Waals surface area contributed by atoms with Gasteiger partial charge in [0.1, 0.15) is 5.75 Å². The lowest BCUT2D eigenvalue weighted by atomic mass is 9.84. The topological polar surface area (TPSA) is 84.5 Å². The molecule has 27 heavy (non-hydrogen) atoms. The summed E-state index contributed by atoms with van der Waals surface area (Å²) < 4.78 is 33.2. The third-order valence-electron chi connectivity index (χ3n) is 5.13. The molecule has 1 fully saturated rings. The van der Waals surface area contributed by atoms with Crippen molar-refractivity contribution in [1.82, 2.24) is 0 Å². The smallest absolute Gasteiger partial charge is 0.262 e. The standard InChI is InChI=1S/C20H22N2O4S/c23-20-13-26-19-11-8-16(12-18(19)21-20)22-27(24,25)17-9-6-15(7-10-17)14-4-2-1-3-5-14/h6-12,14,22H,1-5,13H2,(H,21,23). The van der Waals surface area contributed by atoms with Crippen molar-refractivity contribution in [3.63, 3.8) is 0 Å². The number of benzene rings is 2. The largest absolute Gasteiger partial charge is 0.482 e. The molecule has 4 rings (SSSR count). The van der Waals surface area contributed by atoms with Crippen molar-refractivity contribution in [3.05, 3.63) is 48.0 Å². The average molecular weight is 386 g/mol. The molecule has 7 heteroatoms. The molecule has 0 spiro atoms. The highest BCUT2D eigenvalue weighted by Gasteiger charge is 2.20. The Labute approximate surface area is 159 Å². The van der Waals surface area contributed by atoms with Gasteiger partial charge in [0.2, 0.25) is 0 Å². The molecule has 1 saturated carbocycles. The second kappa shape index (κ2) is 7.23. The monoisotopic (exact) mass is 386 g/mol. The van der Waals surface area contributed by atoms with Crippen molar-refractivity contribution >= 4 is 27.3 Å². The third-order valence-corrected chi connectivity index (χ3v) is 6.53. The summed E-state index contributed by atoms with van der Waals surface area (Å²) in [6.07, 6.45) is 6.12. The lowest BCUT2D eigenvalue weighted by Crippen LogP contribution is -2.25. The number of carbonyl (C=O) groups excluding carboxylic acids is 1. The summed E-state index contributed by atoms with van der Waals surface area (Å²) in [6, 6.07) is 12.0. The van der Waals surface area contributed by atoms with Crippen molar-refractivity contribution in [2.24, 2.45) is 0 Å². The summed E-state index contributed by atoms with van der Waals surface area (Å²) in [5.41, 5.74) is 2.04. The van der Waals surface area contributed by atoms with E-state index in [1.54, 1.807) is 30.3 Å². The van der Waals surface area contributed by atoms with Gasteiger partial charge in [0.15, 0.2) is 6.61 Å². The molecule has 2 aromatic carbocycles. The Hall–Kier alpha value is -2.54. The van der Waals surface area contributed by atoms with E-state index in [1.807, 2.05) is 12.1 Å². The Bertz CT molecular complexity index is 948. The Morgan fingerprint density at radius 3 is 2.48 bits per heavy atom. The van der Waals surface area contributed by atoms with Gasteiger partial charge in [-0.3, -0.25) is 9.52 Å². The highest BCUT2D eigenvalue weighted by Crippen LogP contribution is 2.34. The van der Waals surface area contributed by atoms with E-state index < -0.39 is 10.0 Å². The van der Waals surface area contributed by atoms with Crippen molar-refractivity contribution in [3.8, 4) is 5.75 Å². The zero-order valence-corrected chi connectivity index (χ0v) is 15.7. The highest BCUT2D eigenvalue weighted by molar-refractivity contribution is 7.92. The van der Waals surface area contributed by atoms with Crippen LogP contribution in [0.1, 0.15) is 43.6 Å². The first-order valence-corrected chi connectivity index (χ1v) is 10.7. The summed E-state index contributed by atoms with van der Waals surface area (Å²) in [7, 11) is -3.70. The first-order valence-electron chi connectivity index (χ1n) is 9.21. The van der Waals surface area contributed by atoms with Gasteiger partial charge in [0.05, 0.1) is 16.3 Å². The van der Waals surface area contributed by atoms with Gasteiger partial charge in [-0.25, -0.2) is 8.42 Å². The van der Waals surface area contributed by atoms with Crippen LogP contribution in [0.5, 0.6) is 5.75 Å². The highest BCUT2D eigenvalue weighted by atomic mass is 32.2. The predicted molar refractivity (Wildman–Crippen MR) is 104 cm³/mol. The van der Waals surface area contributed by atoms with Crippen LogP contribution >= 0.6 is 0 Å². The van der Waals surface area contributed by atoms with Crippen LogP contribution in [0.25, 0.3) is 0 Å². The maximum atomic E-state index is 12.7. The number of sulfonamides is 1. The first-order chi connectivity index (χ1) is 13.0. The van der Waals surface area contributed by atoms with Gasteiger partial charge in [0.25, 0.3) is 15.9 Å². The van der Waals surface area contributed by atoms with E-state index in [4.69, 9.17) is 4.74 Å². The summed E-state index contributed by atoms with van der Waals surface area (Å²) in [4.78, 5) is 11.7. The molecule has 1 heterocycles. The molecule has 6 nitrogen and oxygen atoms in total. The fourth-order valence-electron chi connectivity index (χ4n) is 3.72. The van der Waals surface area contributed by atoms with Crippen LogP contribution in [0.15, 0.2) is 47.4 Å². The normalized spacial score (nSPS) is 17.6. The zero-order chi connectivity index (χ0) is 18.9. The summed E-state index contributed by atoms with van der Waals surface area (Å²) in [5, 5.41) is 2.67. The fourth-order valence-corrected chi connectivity index (χ4v) is 4.77. The van der Waals surface area contributed by atoms with E-state index in [1.165, 1.54) is 37.7 Å².